The van der Waals surface area contributed by atoms with Crippen LogP contribution in [-0.2, 0) is 0 Å². The van der Waals surface area contributed by atoms with Gasteiger partial charge in [-0.25, -0.2) is 0 Å². The summed E-state index contributed by atoms with van der Waals surface area (Å²) in [6, 6.07) is 17.1. The molecule has 4 aromatic rings. The Kier molecular flexibility index (Phi) is 4.65. The van der Waals surface area contributed by atoms with Crippen molar-refractivity contribution < 1.29 is 18.4 Å². The Hall–Kier alpha value is -3.33. The second-order valence-electron chi connectivity index (χ2n) is 6.35. The molecule has 9 heteroatoms. The molecule has 0 aliphatic carbocycles. The third-order valence-electron chi connectivity index (χ3n) is 4.31. The highest BCUT2D eigenvalue weighted by molar-refractivity contribution is 7.99. The highest BCUT2D eigenvalue weighted by atomic mass is 32.2. The van der Waals surface area contributed by atoms with Crippen LogP contribution < -0.4 is 9.47 Å². The summed E-state index contributed by atoms with van der Waals surface area (Å²) in [4.78, 5) is 4.47. The SMILES string of the molecule is CC(Sc1nnc(C2COc3ccccc3O2)o1)c1nc(-c2ccccc2)no1. The summed E-state index contributed by atoms with van der Waals surface area (Å²) in [6.45, 7) is 2.25. The fourth-order valence-corrected chi connectivity index (χ4v) is 3.57. The van der Waals surface area contributed by atoms with Crippen molar-refractivity contribution in [2.45, 2.75) is 23.5 Å². The summed E-state index contributed by atoms with van der Waals surface area (Å²) in [5, 5.41) is 12.5. The Morgan fingerprint density at radius 3 is 2.66 bits per heavy atom. The van der Waals surface area contributed by atoms with E-state index in [0.29, 0.717) is 40.9 Å². The molecule has 2 aromatic heterocycles. The second-order valence-corrected chi connectivity index (χ2v) is 7.64. The molecule has 2 atom stereocenters. The lowest BCUT2D eigenvalue weighted by Crippen LogP contribution is -2.21. The van der Waals surface area contributed by atoms with Crippen molar-refractivity contribution in [3.63, 3.8) is 0 Å². The van der Waals surface area contributed by atoms with E-state index in [1.54, 1.807) is 0 Å². The van der Waals surface area contributed by atoms with Crippen LogP contribution in [0.3, 0.4) is 0 Å². The van der Waals surface area contributed by atoms with Crippen LogP contribution in [0.1, 0.15) is 30.1 Å². The van der Waals surface area contributed by atoms with Crippen LogP contribution in [0.25, 0.3) is 11.4 Å². The largest absolute Gasteiger partial charge is 0.485 e. The Labute approximate surface area is 170 Å². The molecule has 5 rings (SSSR count). The maximum absolute atomic E-state index is 5.90. The number of thioether (sulfide) groups is 1. The Balaban J connectivity index is 1.27. The van der Waals surface area contributed by atoms with Crippen molar-refractivity contribution in [1.29, 1.82) is 0 Å². The molecular weight excluding hydrogens is 392 g/mol. The minimum atomic E-state index is -0.449. The van der Waals surface area contributed by atoms with Gasteiger partial charge in [0, 0.05) is 5.56 Å². The number of rotatable bonds is 5. The fraction of sp³-hybridized carbons (Fsp3) is 0.200. The lowest BCUT2D eigenvalue weighted by molar-refractivity contribution is 0.0686. The van der Waals surface area contributed by atoms with Gasteiger partial charge in [0.05, 0.1) is 5.25 Å². The number of ether oxygens (including phenoxy) is 2. The summed E-state index contributed by atoms with van der Waals surface area (Å²) in [6.07, 6.45) is -0.449. The zero-order valence-electron chi connectivity index (χ0n) is 15.4. The van der Waals surface area contributed by atoms with Gasteiger partial charge in [-0.05, 0) is 19.1 Å². The van der Waals surface area contributed by atoms with E-state index in [0.717, 1.165) is 5.56 Å². The number of benzene rings is 2. The molecule has 29 heavy (non-hydrogen) atoms. The van der Waals surface area contributed by atoms with Crippen LogP contribution in [-0.4, -0.2) is 26.9 Å². The number of aromatic nitrogens is 4. The number of nitrogens with zero attached hydrogens (tertiary/aromatic N) is 4. The van der Waals surface area contributed by atoms with Crippen LogP contribution in [0, 0.1) is 0 Å². The topological polar surface area (TPSA) is 96.3 Å². The smallest absolute Gasteiger partial charge is 0.277 e. The van der Waals surface area contributed by atoms with Gasteiger partial charge in [0.1, 0.15) is 6.61 Å². The van der Waals surface area contributed by atoms with E-state index in [1.807, 2.05) is 61.5 Å². The predicted molar refractivity (Wildman–Crippen MR) is 104 cm³/mol. The van der Waals surface area contributed by atoms with Gasteiger partial charge in [-0.15, -0.1) is 10.2 Å². The van der Waals surface area contributed by atoms with Crippen LogP contribution in [0.15, 0.2) is 68.8 Å². The number of para-hydroxylation sites is 2. The predicted octanol–water partition coefficient (Wildman–Crippen LogP) is 4.49. The summed E-state index contributed by atoms with van der Waals surface area (Å²) in [7, 11) is 0. The highest BCUT2D eigenvalue weighted by Crippen LogP contribution is 2.38. The molecule has 0 amide bonds. The van der Waals surface area contributed by atoms with Gasteiger partial charge < -0.3 is 18.4 Å². The van der Waals surface area contributed by atoms with E-state index < -0.39 is 6.10 Å². The van der Waals surface area contributed by atoms with Crippen molar-refractivity contribution in [2.75, 3.05) is 6.61 Å². The maximum atomic E-state index is 5.90. The molecule has 2 aromatic carbocycles. The van der Waals surface area contributed by atoms with Gasteiger partial charge in [-0.2, -0.15) is 4.98 Å². The summed E-state index contributed by atoms with van der Waals surface area (Å²) >= 11 is 1.34. The first kappa shape index (κ1) is 17.7. The van der Waals surface area contributed by atoms with E-state index in [4.69, 9.17) is 18.4 Å². The number of hydrogen-bond acceptors (Lipinski definition) is 9. The van der Waals surface area contributed by atoms with E-state index >= 15 is 0 Å². The lowest BCUT2D eigenvalue weighted by Gasteiger charge is -2.23. The monoisotopic (exact) mass is 408 g/mol. The molecule has 146 valence electrons. The van der Waals surface area contributed by atoms with E-state index in [1.165, 1.54) is 11.8 Å². The molecule has 1 aliphatic rings. The Morgan fingerprint density at radius 2 is 1.79 bits per heavy atom. The summed E-state index contributed by atoms with van der Waals surface area (Å²) in [5.41, 5.74) is 0.898. The van der Waals surface area contributed by atoms with Crippen molar-refractivity contribution >= 4 is 11.8 Å². The molecule has 0 bridgehead atoms. The molecule has 0 fully saturated rings. The third-order valence-corrected chi connectivity index (χ3v) is 5.23. The van der Waals surface area contributed by atoms with Crippen LogP contribution >= 0.6 is 11.8 Å². The molecule has 3 heterocycles. The normalized spacial score (nSPS) is 16.5. The Bertz CT molecular complexity index is 1110. The molecule has 8 nitrogen and oxygen atoms in total. The van der Waals surface area contributed by atoms with Gasteiger partial charge in [-0.3, -0.25) is 0 Å². The Morgan fingerprint density at radius 1 is 1.00 bits per heavy atom. The fourth-order valence-electron chi connectivity index (χ4n) is 2.85. The molecule has 0 saturated carbocycles. The van der Waals surface area contributed by atoms with Crippen LogP contribution in [0.5, 0.6) is 11.5 Å². The van der Waals surface area contributed by atoms with Gasteiger partial charge in [0.25, 0.3) is 11.1 Å². The van der Waals surface area contributed by atoms with Crippen LogP contribution in [0.2, 0.25) is 0 Å². The van der Waals surface area contributed by atoms with Crippen molar-refractivity contribution in [3.05, 3.63) is 66.4 Å². The first-order valence-electron chi connectivity index (χ1n) is 9.04. The van der Waals surface area contributed by atoms with E-state index in [-0.39, 0.29) is 5.25 Å². The minimum absolute atomic E-state index is 0.155. The average molecular weight is 408 g/mol. The molecule has 2 unspecified atom stereocenters. The molecule has 0 spiro atoms. The maximum Gasteiger partial charge on any atom is 0.277 e. The molecule has 0 N–H and O–H groups in total. The quantitative estimate of drug-likeness (QED) is 0.443. The van der Waals surface area contributed by atoms with Gasteiger partial charge in [0.2, 0.25) is 17.8 Å². The van der Waals surface area contributed by atoms with E-state index in [2.05, 4.69) is 20.3 Å². The third kappa shape index (κ3) is 3.68. The summed E-state index contributed by atoms with van der Waals surface area (Å²) < 4.78 is 22.8. The summed E-state index contributed by atoms with van der Waals surface area (Å²) in [5.74, 6) is 2.76. The van der Waals surface area contributed by atoms with E-state index in [9.17, 15) is 0 Å². The molecule has 0 saturated heterocycles. The lowest BCUT2D eigenvalue weighted by atomic mass is 10.2. The van der Waals surface area contributed by atoms with Crippen molar-refractivity contribution in [1.82, 2.24) is 20.3 Å². The number of fused-ring (bicyclic) bond motifs is 1. The first-order valence-corrected chi connectivity index (χ1v) is 9.92. The minimum Gasteiger partial charge on any atom is -0.485 e. The molecule has 0 radical (unpaired) electrons. The standard InChI is InChI=1S/C20H16N4O4S/c1-12(18-21-17(24-28-18)13-7-3-2-4-8-13)29-20-23-22-19(27-20)16-11-25-14-9-5-6-10-15(14)26-16/h2-10,12,16H,11H2,1H3. The van der Waals surface area contributed by atoms with Crippen molar-refractivity contribution in [3.8, 4) is 22.9 Å². The average Bonchev–Trinajstić information content (AvgIpc) is 3.44. The van der Waals surface area contributed by atoms with Gasteiger partial charge >= 0.3 is 0 Å². The zero-order valence-corrected chi connectivity index (χ0v) is 16.2. The second kappa shape index (κ2) is 7.59. The first-order chi connectivity index (χ1) is 14.3. The molecule has 1 aliphatic heterocycles. The highest BCUT2D eigenvalue weighted by Gasteiger charge is 2.28. The number of hydrogen-bond donors (Lipinski definition) is 0. The molecular formula is C20H16N4O4S. The van der Waals surface area contributed by atoms with Crippen molar-refractivity contribution in [2.24, 2.45) is 0 Å². The van der Waals surface area contributed by atoms with Gasteiger partial charge in [-0.1, -0.05) is 59.4 Å². The zero-order chi connectivity index (χ0) is 19.6. The van der Waals surface area contributed by atoms with Crippen LogP contribution in [0.4, 0.5) is 0 Å². The van der Waals surface area contributed by atoms with Gasteiger partial charge in [0.15, 0.2) is 11.5 Å².